The third kappa shape index (κ3) is 17.6. The zero-order valence-electron chi connectivity index (χ0n) is 33.4. The molecule has 0 spiro atoms. The number of ketones is 1. The summed E-state index contributed by atoms with van der Waals surface area (Å²) in [5.74, 6) is -1.63. The summed E-state index contributed by atoms with van der Waals surface area (Å²) in [5, 5.41) is 26.0. The van der Waals surface area contributed by atoms with E-state index in [4.69, 9.17) is 19.5 Å². The number of phosphoric acid groups is 3. The van der Waals surface area contributed by atoms with E-state index in [9.17, 15) is 62.7 Å². The Labute approximate surface area is 354 Å². The number of fused-ring (bicyclic) bond motifs is 1. The maximum absolute atomic E-state index is 12.7. The van der Waals surface area contributed by atoms with Gasteiger partial charge in [0.25, 0.3) is 0 Å². The Hall–Kier alpha value is -3.03. The second-order valence-corrected chi connectivity index (χ2v) is 19.6. The van der Waals surface area contributed by atoms with Crippen LogP contribution in [0.3, 0.4) is 0 Å². The molecule has 2 aromatic rings. The largest absolute Gasteiger partial charge is 0.481 e. The Balaban J connectivity index is 1.42. The number of amides is 2. The van der Waals surface area contributed by atoms with Crippen molar-refractivity contribution in [3.8, 4) is 0 Å². The molecule has 29 heteroatoms. The van der Waals surface area contributed by atoms with Crippen molar-refractivity contribution in [3.63, 3.8) is 0 Å². The summed E-state index contributed by atoms with van der Waals surface area (Å²) in [7, 11) is -16.4. The lowest BCUT2D eigenvalue weighted by molar-refractivity contribution is -0.137. The lowest BCUT2D eigenvalue weighted by atomic mass is 9.87. The first-order chi connectivity index (χ1) is 28.4. The highest BCUT2D eigenvalue weighted by Crippen LogP contribution is 2.61. The molecule has 3 heterocycles. The number of aliphatic hydroxyl groups is 2. The molecule has 1 aliphatic heterocycles. The van der Waals surface area contributed by atoms with Gasteiger partial charge in [0.2, 0.25) is 11.8 Å². The number of allylic oxidation sites excluding steroid dienone is 2. The predicted octanol–water partition coefficient (Wildman–Crippen LogP) is 1.15. The van der Waals surface area contributed by atoms with E-state index in [1.54, 1.807) is 6.08 Å². The summed E-state index contributed by atoms with van der Waals surface area (Å²) in [4.78, 5) is 99.8. The molecule has 2 amide bonds. The molecule has 0 aliphatic carbocycles. The van der Waals surface area contributed by atoms with Gasteiger partial charge in [-0.1, -0.05) is 57.9 Å². The van der Waals surface area contributed by atoms with Gasteiger partial charge >= 0.3 is 23.5 Å². The molecule has 61 heavy (non-hydrogen) atoms. The van der Waals surface area contributed by atoms with Crippen LogP contribution in [0.2, 0.25) is 0 Å². The molecule has 3 rings (SSSR count). The molecule has 7 atom stereocenters. The quantitative estimate of drug-likeness (QED) is 0.0262. The fourth-order valence-electron chi connectivity index (χ4n) is 5.45. The Bertz CT molecular complexity index is 2000. The van der Waals surface area contributed by atoms with Gasteiger partial charge in [0.05, 0.1) is 26.0 Å². The summed E-state index contributed by atoms with van der Waals surface area (Å²) >= 11 is 0.894. The number of nitrogen functional groups attached to an aromatic ring is 1. The van der Waals surface area contributed by atoms with E-state index >= 15 is 0 Å². The number of hydrogen-bond acceptors (Lipinski definition) is 19. The van der Waals surface area contributed by atoms with E-state index < -0.39 is 84.6 Å². The van der Waals surface area contributed by atoms with Crippen LogP contribution in [-0.4, -0.2) is 128 Å². The first kappa shape index (κ1) is 52.3. The standard InChI is InChI=1S/C32H52N7O18P3S/c1-4-5-6-7-8-9-10-20(40)15-23(42)61-14-13-34-22(41)11-12-35-30(45)27(44)32(2,3)17-54-60(51,52)57-59(49,50)53-16-21-26(56-58(46,47)48)25(43)31(55-21)39-19-38-24-28(33)36-18-37-29(24)39/h9-10,18-19,21,25-27,31,43-44H,4-8,11-17H2,1-3H3,(H,34,41)(H,35,45)(H,49,50)(H,51,52)(H2,33,36,37)(H2,46,47,48)/b10-9+/t21-,25-,26-,27+,31-/m1/s1. The van der Waals surface area contributed by atoms with Crippen molar-refractivity contribution in [2.24, 2.45) is 5.41 Å². The number of carbonyl (C=O) groups is 4. The average Bonchev–Trinajstić information content (AvgIpc) is 3.72. The fraction of sp³-hybridized carbons (Fsp3) is 0.656. The molecule has 1 aliphatic rings. The van der Waals surface area contributed by atoms with Crippen molar-refractivity contribution < 1.29 is 85.3 Å². The summed E-state index contributed by atoms with van der Waals surface area (Å²) < 4.78 is 62.2. The zero-order chi connectivity index (χ0) is 45.6. The Morgan fingerprint density at radius 2 is 1.74 bits per heavy atom. The second-order valence-electron chi connectivity index (χ2n) is 14.2. The number of unbranched alkanes of at least 4 members (excludes halogenated alkanes) is 4. The fourth-order valence-corrected chi connectivity index (χ4v) is 8.96. The first-order valence-electron chi connectivity index (χ1n) is 18.7. The maximum Gasteiger partial charge on any atom is 0.481 e. The van der Waals surface area contributed by atoms with Crippen LogP contribution >= 0.6 is 35.2 Å². The highest BCUT2D eigenvalue weighted by molar-refractivity contribution is 8.13. The van der Waals surface area contributed by atoms with Gasteiger partial charge < -0.3 is 50.9 Å². The number of ether oxygens (including phenoxy) is 1. The van der Waals surface area contributed by atoms with E-state index in [0.29, 0.717) is 0 Å². The van der Waals surface area contributed by atoms with Crippen molar-refractivity contribution >= 4 is 74.9 Å². The minimum atomic E-state index is -5.59. The minimum Gasteiger partial charge on any atom is -0.386 e. The van der Waals surface area contributed by atoms with Crippen LogP contribution in [0.5, 0.6) is 0 Å². The number of anilines is 1. The molecule has 0 aromatic carbocycles. The van der Waals surface area contributed by atoms with Gasteiger partial charge in [0, 0.05) is 30.7 Å². The topological polar surface area (TPSA) is 381 Å². The third-order valence-corrected chi connectivity index (χ3v) is 12.6. The summed E-state index contributed by atoms with van der Waals surface area (Å²) in [6, 6.07) is 0. The van der Waals surface area contributed by atoms with Crippen molar-refractivity contribution in [1.29, 1.82) is 0 Å². The molecule has 344 valence electrons. The van der Waals surface area contributed by atoms with Crippen molar-refractivity contribution in [2.45, 2.75) is 96.4 Å². The number of aliphatic hydroxyl groups excluding tert-OH is 2. The van der Waals surface area contributed by atoms with Crippen LogP contribution in [-0.2, 0) is 55.5 Å². The summed E-state index contributed by atoms with van der Waals surface area (Å²) in [6.07, 6.45) is 0.934. The Morgan fingerprint density at radius 3 is 2.43 bits per heavy atom. The van der Waals surface area contributed by atoms with Gasteiger partial charge in [-0.3, -0.25) is 37.3 Å². The number of nitrogens with zero attached hydrogens (tertiary/aromatic N) is 4. The van der Waals surface area contributed by atoms with Crippen molar-refractivity contribution in [2.75, 3.05) is 37.8 Å². The summed E-state index contributed by atoms with van der Waals surface area (Å²) in [5.41, 5.74) is 4.23. The zero-order valence-corrected chi connectivity index (χ0v) is 36.9. The highest BCUT2D eigenvalue weighted by Gasteiger charge is 2.50. The third-order valence-electron chi connectivity index (χ3n) is 8.61. The van der Waals surface area contributed by atoms with E-state index in [0.717, 1.165) is 61.1 Å². The molecule has 25 nitrogen and oxygen atoms in total. The van der Waals surface area contributed by atoms with Gasteiger partial charge in [0.1, 0.15) is 36.3 Å². The lowest BCUT2D eigenvalue weighted by Gasteiger charge is -2.30. The minimum absolute atomic E-state index is 0.0242. The molecule has 1 fully saturated rings. The summed E-state index contributed by atoms with van der Waals surface area (Å²) in [6.45, 7) is 2.40. The number of aromatic nitrogens is 4. The van der Waals surface area contributed by atoms with Gasteiger partial charge in [-0.05, 0) is 18.9 Å². The van der Waals surface area contributed by atoms with Crippen LogP contribution in [0, 0.1) is 5.41 Å². The molecule has 2 aromatic heterocycles. The van der Waals surface area contributed by atoms with E-state index in [2.05, 4.69) is 41.3 Å². The first-order valence-corrected chi connectivity index (χ1v) is 24.2. The SMILES string of the molecule is CCCCCC/C=C/C(=O)CC(=O)SCCNC(=O)CCNC(=O)[C@H](O)C(C)(C)COP(=O)(O)OP(=O)(O)OC[C@H]1O[C@@H](n2cnc3c(N)ncnc32)[C@H](O)[C@@H]1OP(=O)(O)O. The molecular weight excluding hydrogens is 895 g/mol. The highest BCUT2D eigenvalue weighted by atomic mass is 32.2. The molecule has 2 unspecified atom stereocenters. The number of rotatable bonds is 27. The van der Waals surface area contributed by atoms with E-state index in [1.807, 2.05) is 0 Å². The molecule has 0 bridgehead atoms. The Kier molecular flexibility index (Phi) is 20.2. The monoisotopic (exact) mass is 947 g/mol. The van der Waals surface area contributed by atoms with Gasteiger partial charge in [-0.2, -0.15) is 4.31 Å². The number of imidazole rings is 1. The Morgan fingerprint density at radius 1 is 1.03 bits per heavy atom. The van der Waals surface area contributed by atoms with Crippen LogP contribution in [0.15, 0.2) is 24.8 Å². The van der Waals surface area contributed by atoms with Crippen LogP contribution in [0.25, 0.3) is 11.2 Å². The average molecular weight is 948 g/mol. The number of carbonyl (C=O) groups excluding carboxylic acids is 4. The molecule has 0 saturated carbocycles. The van der Waals surface area contributed by atoms with Crippen molar-refractivity contribution in [1.82, 2.24) is 30.2 Å². The number of hydrogen-bond donors (Lipinski definition) is 9. The molecule has 0 radical (unpaired) electrons. The van der Waals surface area contributed by atoms with Crippen LogP contribution in [0.1, 0.15) is 71.9 Å². The molecule has 10 N–H and O–H groups in total. The van der Waals surface area contributed by atoms with Crippen molar-refractivity contribution in [3.05, 3.63) is 24.8 Å². The number of nitrogens with two attached hydrogens (primary N) is 1. The second kappa shape index (κ2) is 23.6. The van der Waals surface area contributed by atoms with E-state index in [1.165, 1.54) is 19.9 Å². The number of nitrogens with one attached hydrogen (secondary N) is 2. The molecule has 1 saturated heterocycles. The normalized spacial score (nSPS) is 20.9. The lowest BCUT2D eigenvalue weighted by Crippen LogP contribution is -2.46. The van der Waals surface area contributed by atoms with E-state index in [-0.39, 0.29) is 59.6 Å². The van der Waals surface area contributed by atoms with Gasteiger partial charge in [-0.15, -0.1) is 0 Å². The van der Waals surface area contributed by atoms with Crippen LogP contribution < -0.4 is 16.4 Å². The number of phosphoric ester groups is 3. The molecular formula is C32H52N7O18P3S. The number of thioether (sulfide) groups is 1. The van der Waals surface area contributed by atoms with Crippen LogP contribution in [0.4, 0.5) is 5.82 Å². The van der Waals surface area contributed by atoms with Gasteiger partial charge in [-0.25, -0.2) is 28.6 Å². The van der Waals surface area contributed by atoms with Gasteiger partial charge in [0.15, 0.2) is 28.6 Å². The predicted molar refractivity (Wildman–Crippen MR) is 215 cm³/mol. The maximum atomic E-state index is 12.7. The smallest absolute Gasteiger partial charge is 0.386 e.